The molecule has 0 aliphatic heterocycles. The first-order valence-electron chi connectivity index (χ1n) is 29.1. The molecular weight excluding hydrogens is 1070 g/mol. The summed E-state index contributed by atoms with van der Waals surface area (Å²) in [5.41, 5.74) is 13.8. The standard InChI is InChI=1S/C12H13N.C10H12N2.2C10H11NS.C8H11N.2C7H10N2.C6H9NO/c1-9(2)10-7-8-13-12-6-4-3-5-11(10)12;1-8(2)9-7-11-12-6-4-3-5-10(9)12;1-7(2)8-3-5-11-9-4-6-12-10(8)9;1-7(2)8-3-5-11-10-9(8)4-6-12-10;1-7(2)8-3-5-9-6-4-8;1-6(2)7-3-4-8-5-9-7;1-6(2)7-3-4-8-9-5-7;1-5(2)6-3-7-8-4-6/h3-9H,1-2H3;3-8H,1-2H3;2*3-7H,1-2H3;3-7H,1-2H3;2*3-6H,1-2H3;3-5H,1-2H3. The summed E-state index contributed by atoms with van der Waals surface area (Å²) in [4.78, 5) is 25.9. The Morgan fingerprint density at radius 2 is 1.00 bits per heavy atom. The average molecular weight is 1160 g/mol. The molecule has 0 saturated carbocycles. The lowest BCUT2D eigenvalue weighted by molar-refractivity contribution is 0.418. The van der Waals surface area contributed by atoms with Gasteiger partial charge in [-0.3, -0.25) is 15.0 Å². The van der Waals surface area contributed by atoms with Gasteiger partial charge in [-0.1, -0.05) is 140 Å². The van der Waals surface area contributed by atoms with Gasteiger partial charge >= 0.3 is 0 Å². The van der Waals surface area contributed by atoms with Gasteiger partial charge in [0, 0.05) is 77.2 Å². The monoisotopic (exact) mass is 1160 g/mol. The Labute approximate surface area is 507 Å². The number of rotatable bonds is 8. The van der Waals surface area contributed by atoms with Gasteiger partial charge in [-0.05, 0) is 159 Å². The fraction of sp³-hybridized carbons (Fsp3) is 0.343. The normalized spacial score (nSPS) is 10.8. The molecule has 0 bridgehead atoms. The van der Waals surface area contributed by atoms with Gasteiger partial charge in [0.2, 0.25) is 0 Å². The van der Waals surface area contributed by atoms with Gasteiger partial charge in [-0.15, -0.1) is 22.7 Å². The molecule has 0 unspecified atom stereocenters. The Kier molecular flexibility index (Phi) is 28.1. The third-order valence-electron chi connectivity index (χ3n) is 13.4. The Bertz CT molecular complexity index is 3470. The first kappa shape index (κ1) is 66.9. The minimum Gasteiger partial charge on any atom is -0.364 e. The number of nitrogens with zero attached hydrogens (tertiary/aromatic N) is 11. The number of thiophene rings is 2. The van der Waals surface area contributed by atoms with Crippen molar-refractivity contribution in [2.75, 3.05) is 0 Å². The number of aromatic nitrogens is 11. The predicted molar refractivity (Wildman–Crippen MR) is 354 cm³/mol. The molecule has 0 aliphatic rings. The summed E-state index contributed by atoms with van der Waals surface area (Å²) < 4.78 is 7.88. The molecule has 0 amide bonds. The summed E-state index contributed by atoms with van der Waals surface area (Å²) in [6.07, 6.45) is 23.5. The maximum Gasteiger partial charge on any atom is 0.127 e. The van der Waals surface area contributed by atoms with Crippen LogP contribution in [0.4, 0.5) is 0 Å². The quantitative estimate of drug-likeness (QED) is 0.143. The summed E-state index contributed by atoms with van der Waals surface area (Å²) in [5.74, 6) is 4.50. The molecule has 1 aromatic carbocycles. The highest BCUT2D eigenvalue weighted by Crippen LogP contribution is 2.29. The first-order valence-corrected chi connectivity index (χ1v) is 30.8. The molecule has 0 radical (unpaired) electrons. The summed E-state index contributed by atoms with van der Waals surface area (Å²) in [6, 6.07) is 33.0. The molecule has 84 heavy (non-hydrogen) atoms. The van der Waals surface area contributed by atoms with Crippen LogP contribution in [0.15, 0.2) is 193 Å². The van der Waals surface area contributed by atoms with Gasteiger partial charge in [0.25, 0.3) is 0 Å². The third-order valence-corrected chi connectivity index (χ3v) is 15.1. The van der Waals surface area contributed by atoms with Gasteiger partial charge in [0.15, 0.2) is 0 Å². The van der Waals surface area contributed by atoms with Crippen LogP contribution in [0.5, 0.6) is 0 Å². The molecular formula is C70H87N11OS2. The van der Waals surface area contributed by atoms with Crippen LogP contribution in [0.2, 0.25) is 0 Å². The van der Waals surface area contributed by atoms with E-state index in [1.54, 1.807) is 60.1 Å². The number of fused-ring (bicyclic) bond motifs is 4. The van der Waals surface area contributed by atoms with E-state index in [0.29, 0.717) is 47.3 Å². The largest absolute Gasteiger partial charge is 0.364 e. The van der Waals surface area contributed by atoms with Crippen LogP contribution >= 0.6 is 22.7 Å². The topological polar surface area (TPSA) is 146 Å². The zero-order valence-corrected chi connectivity index (χ0v) is 53.8. The molecule has 12 nitrogen and oxygen atoms in total. The van der Waals surface area contributed by atoms with Crippen molar-refractivity contribution < 1.29 is 4.52 Å². The van der Waals surface area contributed by atoms with E-state index in [1.807, 2.05) is 90.4 Å². The smallest absolute Gasteiger partial charge is 0.127 e. The second-order valence-corrected chi connectivity index (χ2v) is 24.2. The fourth-order valence-corrected chi connectivity index (χ4v) is 10.1. The van der Waals surface area contributed by atoms with Crippen molar-refractivity contribution in [3.05, 3.63) is 233 Å². The van der Waals surface area contributed by atoms with Crippen LogP contribution in [-0.2, 0) is 0 Å². The van der Waals surface area contributed by atoms with Gasteiger partial charge in [0.05, 0.1) is 39.8 Å². The zero-order valence-electron chi connectivity index (χ0n) is 52.2. The maximum absolute atomic E-state index is 4.63. The number of para-hydroxylation sites is 1. The third kappa shape index (κ3) is 21.4. The van der Waals surface area contributed by atoms with Crippen molar-refractivity contribution in [1.82, 2.24) is 54.9 Å². The lowest BCUT2D eigenvalue weighted by Gasteiger charge is -2.08. The minimum atomic E-state index is 0.507. The zero-order chi connectivity index (χ0) is 61.0. The second kappa shape index (κ2) is 35.3. The SMILES string of the molecule is CC(C)c1ccnc2ccccc12.CC(C)c1ccnc2ccsc12.CC(C)c1ccnc2sccc12.CC(C)c1ccncc1.CC(C)c1ccncn1.CC(C)c1ccnnc1.CC(C)c1cnn2ccccc12.CC(C)c1cnoc1. The molecule has 0 fully saturated rings. The van der Waals surface area contributed by atoms with Crippen LogP contribution in [0.1, 0.15) is 203 Å². The molecule has 11 aromatic heterocycles. The van der Waals surface area contributed by atoms with Crippen molar-refractivity contribution in [3.8, 4) is 0 Å². The van der Waals surface area contributed by atoms with E-state index in [4.69, 9.17) is 0 Å². The van der Waals surface area contributed by atoms with E-state index in [0.717, 1.165) is 27.1 Å². The van der Waals surface area contributed by atoms with Crippen molar-refractivity contribution in [3.63, 3.8) is 0 Å². The molecule has 0 spiro atoms. The van der Waals surface area contributed by atoms with E-state index >= 15 is 0 Å². The number of pyridine rings is 5. The van der Waals surface area contributed by atoms with E-state index < -0.39 is 0 Å². The maximum atomic E-state index is 4.63. The first-order chi connectivity index (χ1) is 40.4. The Hall–Kier alpha value is -7.94. The molecule has 12 aromatic rings. The predicted octanol–water partition coefficient (Wildman–Crippen LogP) is 19.9. The molecule has 440 valence electrons. The highest BCUT2D eigenvalue weighted by atomic mass is 32.1. The molecule has 0 N–H and O–H groups in total. The molecule has 0 atom stereocenters. The fourth-order valence-electron chi connectivity index (χ4n) is 8.30. The molecule has 0 aliphatic carbocycles. The van der Waals surface area contributed by atoms with Crippen molar-refractivity contribution in [2.45, 2.75) is 158 Å². The molecule has 12 rings (SSSR count). The summed E-state index contributed by atoms with van der Waals surface area (Å²) in [5, 5.41) is 22.1. The number of benzene rings is 1. The minimum absolute atomic E-state index is 0.507. The highest BCUT2D eigenvalue weighted by molar-refractivity contribution is 7.17. The molecule has 0 saturated heterocycles. The summed E-state index contributed by atoms with van der Waals surface area (Å²) >= 11 is 3.49. The van der Waals surface area contributed by atoms with Crippen LogP contribution in [0.25, 0.3) is 36.9 Å². The van der Waals surface area contributed by atoms with Gasteiger partial charge in [-0.25, -0.2) is 19.5 Å². The average Bonchev–Trinajstić information content (AvgIpc) is 4.48. The van der Waals surface area contributed by atoms with Crippen LogP contribution in [0.3, 0.4) is 0 Å². The van der Waals surface area contributed by atoms with Crippen LogP contribution < -0.4 is 0 Å². The van der Waals surface area contributed by atoms with Crippen molar-refractivity contribution in [2.24, 2.45) is 0 Å². The van der Waals surface area contributed by atoms with Crippen molar-refractivity contribution >= 4 is 59.5 Å². The Balaban J connectivity index is 0.000000177. The van der Waals surface area contributed by atoms with E-state index in [-0.39, 0.29) is 0 Å². The van der Waals surface area contributed by atoms with Gasteiger partial charge < -0.3 is 4.52 Å². The summed E-state index contributed by atoms with van der Waals surface area (Å²) in [6.45, 7) is 34.7. The Morgan fingerprint density at radius 1 is 0.405 bits per heavy atom. The number of hydrogen-bond donors (Lipinski definition) is 0. The lowest BCUT2D eigenvalue weighted by Crippen LogP contribution is -1.90. The summed E-state index contributed by atoms with van der Waals surface area (Å²) in [7, 11) is 0. The van der Waals surface area contributed by atoms with Crippen LogP contribution in [0, 0.1) is 0 Å². The lowest BCUT2D eigenvalue weighted by atomic mass is 9.99. The molecule has 14 heteroatoms. The molecule has 11 heterocycles. The van der Waals surface area contributed by atoms with E-state index in [1.165, 1.54) is 54.4 Å². The van der Waals surface area contributed by atoms with E-state index in [9.17, 15) is 0 Å². The number of hydrogen-bond acceptors (Lipinski definition) is 13. The highest BCUT2D eigenvalue weighted by Gasteiger charge is 2.09. The van der Waals surface area contributed by atoms with E-state index in [2.05, 4.69) is 231 Å². The Morgan fingerprint density at radius 3 is 1.55 bits per heavy atom. The van der Waals surface area contributed by atoms with Crippen LogP contribution in [-0.4, -0.2) is 54.9 Å². The second-order valence-electron chi connectivity index (χ2n) is 22.4. The van der Waals surface area contributed by atoms with Crippen molar-refractivity contribution in [1.29, 1.82) is 0 Å². The van der Waals surface area contributed by atoms with Gasteiger partial charge in [0.1, 0.15) is 17.4 Å². The van der Waals surface area contributed by atoms with Gasteiger partial charge in [-0.2, -0.15) is 15.3 Å².